The Morgan fingerprint density at radius 3 is 2.68 bits per heavy atom. The molecule has 2 atom stereocenters. The normalized spacial score (nSPS) is 29.1. The van der Waals surface area contributed by atoms with Gasteiger partial charge in [-0.15, -0.1) is 0 Å². The number of hydrogen-bond acceptors (Lipinski definition) is 3. The molecule has 4 nitrogen and oxygen atoms in total. The highest BCUT2D eigenvalue weighted by atomic mass is 32.2. The average molecular weight is 288 g/mol. The maximum Gasteiger partial charge on any atom is 0.214 e. The summed E-state index contributed by atoms with van der Waals surface area (Å²) in [6.07, 6.45) is 7.80. The van der Waals surface area contributed by atoms with Gasteiger partial charge in [-0.3, -0.25) is 0 Å². The van der Waals surface area contributed by atoms with Crippen LogP contribution in [0.1, 0.15) is 51.9 Å². The molecule has 0 radical (unpaired) electrons. The summed E-state index contributed by atoms with van der Waals surface area (Å²) >= 11 is 0. The van der Waals surface area contributed by atoms with Gasteiger partial charge in [-0.2, -0.15) is 4.31 Å². The first kappa shape index (κ1) is 15.3. The molecule has 1 aliphatic carbocycles. The quantitative estimate of drug-likeness (QED) is 0.760. The van der Waals surface area contributed by atoms with Gasteiger partial charge in [-0.25, -0.2) is 8.42 Å². The Balaban J connectivity index is 1.93. The highest BCUT2D eigenvalue weighted by Crippen LogP contribution is 2.36. The second-order valence-electron chi connectivity index (χ2n) is 5.89. The minimum Gasteiger partial charge on any atom is -0.317 e. The van der Waals surface area contributed by atoms with Crippen molar-refractivity contribution in [3.05, 3.63) is 0 Å². The highest BCUT2D eigenvalue weighted by Gasteiger charge is 2.38. The third-order valence-corrected chi connectivity index (χ3v) is 6.53. The molecule has 0 aromatic heterocycles. The largest absolute Gasteiger partial charge is 0.317 e. The van der Waals surface area contributed by atoms with E-state index >= 15 is 0 Å². The van der Waals surface area contributed by atoms with Crippen LogP contribution in [0, 0.1) is 5.92 Å². The van der Waals surface area contributed by atoms with Crippen molar-refractivity contribution in [2.24, 2.45) is 5.92 Å². The fraction of sp³-hybridized carbons (Fsp3) is 1.00. The van der Waals surface area contributed by atoms with Gasteiger partial charge >= 0.3 is 0 Å². The first-order chi connectivity index (χ1) is 9.15. The van der Waals surface area contributed by atoms with E-state index in [1.165, 1.54) is 25.7 Å². The maximum atomic E-state index is 12.5. The van der Waals surface area contributed by atoms with Crippen LogP contribution < -0.4 is 5.32 Å². The van der Waals surface area contributed by atoms with E-state index in [1.54, 1.807) is 0 Å². The minimum atomic E-state index is -3.04. The summed E-state index contributed by atoms with van der Waals surface area (Å²) in [5.41, 5.74) is 0. The van der Waals surface area contributed by atoms with Gasteiger partial charge in [0.1, 0.15) is 0 Å². The molecule has 0 aromatic carbocycles. The molecule has 0 spiro atoms. The monoisotopic (exact) mass is 288 g/mol. The molecule has 0 amide bonds. The lowest BCUT2D eigenvalue weighted by Gasteiger charge is -2.43. The molecule has 2 aliphatic rings. The molecule has 1 saturated carbocycles. The van der Waals surface area contributed by atoms with Crippen LogP contribution in [0.5, 0.6) is 0 Å². The van der Waals surface area contributed by atoms with E-state index in [0.29, 0.717) is 17.7 Å². The molecule has 1 N–H and O–H groups in total. The lowest BCUT2D eigenvalue weighted by Crippen LogP contribution is -2.50. The van der Waals surface area contributed by atoms with Gasteiger partial charge in [0.2, 0.25) is 10.0 Å². The van der Waals surface area contributed by atoms with Crippen LogP contribution in [0.3, 0.4) is 0 Å². The summed E-state index contributed by atoms with van der Waals surface area (Å²) in [6, 6.07) is 0.312. The fourth-order valence-electron chi connectivity index (χ4n) is 3.60. The minimum absolute atomic E-state index is 0.309. The van der Waals surface area contributed by atoms with Gasteiger partial charge in [0.15, 0.2) is 0 Å². The van der Waals surface area contributed by atoms with Crippen LogP contribution in [0.15, 0.2) is 0 Å². The summed E-state index contributed by atoms with van der Waals surface area (Å²) < 4.78 is 26.9. The van der Waals surface area contributed by atoms with Crippen LogP contribution >= 0.6 is 0 Å². The van der Waals surface area contributed by atoms with Crippen molar-refractivity contribution in [1.82, 2.24) is 9.62 Å². The van der Waals surface area contributed by atoms with Gasteiger partial charge < -0.3 is 5.32 Å². The van der Waals surface area contributed by atoms with Gasteiger partial charge in [0.25, 0.3) is 0 Å². The average Bonchev–Trinajstić information content (AvgIpc) is 2.43. The molecule has 19 heavy (non-hydrogen) atoms. The summed E-state index contributed by atoms with van der Waals surface area (Å²) in [7, 11) is -3.04. The smallest absolute Gasteiger partial charge is 0.214 e. The van der Waals surface area contributed by atoms with Crippen molar-refractivity contribution in [1.29, 1.82) is 0 Å². The fourth-order valence-corrected chi connectivity index (χ4v) is 5.44. The highest BCUT2D eigenvalue weighted by molar-refractivity contribution is 7.89. The predicted octanol–water partition coefficient (Wildman–Crippen LogP) is 1.97. The van der Waals surface area contributed by atoms with Crippen LogP contribution in [0.4, 0.5) is 0 Å². The summed E-state index contributed by atoms with van der Waals surface area (Å²) in [5, 5.41) is 3.20. The van der Waals surface area contributed by atoms with Crippen molar-refractivity contribution in [3.63, 3.8) is 0 Å². The van der Waals surface area contributed by atoms with E-state index in [4.69, 9.17) is 0 Å². The molecule has 1 heterocycles. The second kappa shape index (κ2) is 7.04. The molecular formula is C14H28N2O2S. The van der Waals surface area contributed by atoms with Crippen molar-refractivity contribution in [2.45, 2.75) is 57.9 Å². The standard InChI is InChI=1S/C14H28N2O2S/c1-2-15-10-6-12-19(17,18)16-11-5-8-13-7-3-4-9-14(13)16/h13-15H,2-12H2,1H3/t13-,14-/m1/s1. The van der Waals surface area contributed by atoms with Gasteiger partial charge in [-0.05, 0) is 51.1 Å². The van der Waals surface area contributed by atoms with E-state index in [1.807, 2.05) is 11.2 Å². The molecule has 112 valence electrons. The lowest BCUT2D eigenvalue weighted by molar-refractivity contribution is 0.129. The van der Waals surface area contributed by atoms with Crippen LogP contribution in [-0.2, 0) is 10.0 Å². The summed E-state index contributed by atoms with van der Waals surface area (Å²) in [6.45, 7) is 4.52. The van der Waals surface area contributed by atoms with Crippen molar-refractivity contribution in [3.8, 4) is 0 Å². The molecular weight excluding hydrogens is 260 g/mol. The molecule has 1 saturated heterocycles. The van der Waals surface area contributed by atoms with Crippen molar-refractivity contribution < 1.29 is 8.42 Å². The zero-order chi connectivity index (χ0) is 13.7. The number of hydrogen-bond donors (Lipinski definition) is 1. The van der Waals surface area contributed by atoms with Crippen LogP contribution in [0.2, 0.25) is 0 Å². The first-order valence-corrected chi connectivity index (χ1v) is 9.46. The molecule has 5 heteroatoms. The van der Waals surface area contributed by atoms with E-state index < -0.39 is 10.0 Å². The molecule has 0 aromatic rings. The SMILES string of the molecule is CCNCCCS(=O)(=O)N1CCC[C@H]2CCCC[C@H]21. The molecule has 1 aliphatic heterocycles. The predicted molar refractivity (Wildman–Crippen MR) is 78.6 cm³/mol. The number of fused-ring (bicyclic) bond motifs is 1. The Bertz CT molecular complexity index is 368. The summed E-state index contributed by atoms with van der Waals surface area (Å²) in [4.78, 5) is 0. The number of sulfonamides is 1. The van der Waals surface area contributed by atoms with E-state index in [9.17, 15) is 8.42 Å². The first-order valence-electron chi connectivity index (χ1n) is 7.85. The zero-order valence-corrected chi connectivity index (χ0v) is 12.9. The Labute approximate surface area is 118 Å². The number of nitrogens with one attached hydrogen (secondary N) is 1. The van der Waals surface area contributed by atoms with Crippen molar-refractivity contribution >= 4 is 10.0 Å². The van der Waals surface area contributed by atoms with Gasteiger partial charge in [0, 0.05) is 12.6 Å². The van der Waals surface area contributed by atoms with E-state index in [2.05, 4.69) is 5.32 Å². The maximum absolute atomic E-state index is 12.5. The molecule has 2 rings (SSSR count). The zero-order valence-electron chi connectivity index (χ0n) is 12.1. The lowest BCUT2D eigenvalue weighted by atomic mass is 9.79. The van der Waals surface area contributed by atoms with E-state index in [-0.39, 0.29) is 0 Å². The second-order valence-corrected chi connectivity index (χ2v) is 7.93. The van der Waals surface area contributed by atoms with E-state index in [0.717, 1.165) is 38.9 Å². The number of nitrogens with zero attached hydrogens (tertiary/aromatic N) is 1. The molecule has 0 bridgehead atoms. The van der Waals surface area contributed by atoms with Crippen LogP contribution in [-0.4, -0.2) is 44.2 Å². The van der Waals surface area contributed by atoms with Crippen molar-refractivity contribution in [2.75, 3.05) is 25.4 Å². The Morgan fingerprint density at radius 2 is 1.89 bits per heavy atom. The molecule has 0 unspecified atom stereocenters. The Kier molecular flexibility index (Phi) is 5.66. The number of piperidine rings is 1. The topological polar surface area (TPSA) is 49.4 Å². The Morgan fingerprint density at radius 1 is 1.16 bits per heavy atom. The summed E-state index contributed by atoms with van der Waals surface area (Å²) in [5.74, 6) is 0.939. The Hall–Kier alpha value is -0.130. The molecule has 2 fully saturated rings. The third kappa shape index (κ3) is 3.92. The number of rotatable bonds is 6. The van der Waals surface area contributed by atoms with Gasteiger partial charge in [0.05, 0.1) is 5.75 Å². The third-order valence-electron chi connectivity index (χ3n) is 4.56. The van der Waals surface area contributed by atoms with Crippen LogP contribution in [0.25, 0.3) is 0 Å². The van der Waals surface area contributed by atoms with Gasteiger partial charge in [-0.1, -0.05) is 19.8 Å².